The number of carboxylic acid groups (broad SMARTS) is 1. The predicted molar refractivity (Wildman–Crippen MR) is 71.4 cm³/mol. The van der Waals surface area contributed by atoms with E-state index in [0.717, 1.165) is 12.8 Å². The Morgan fingerprint density at radius 1 is 1.21 bits per heavy atom. The Morgan fingerprint density at radius 2 is 1.79 bits per heavy atom. The van der Waals surface area contributed by atoms with Crippen molar-refractivity contribution >= 4 is 11.9 Å². The van der Waals surface area contributed by atoms with Gasteiger partial charge in [0.2, 0.25) is 5.91 Å². The molecule has 3 N–H and O–H groups in total. The van der Waals surface area contributed by atoms with Gasteiger partial charge in [-0.05, 0) is 47.0 Å². The van der Waals surface area contributed by atoms with E-state index < -0.39 is 22.8 Å². The number of carboxylic acids is 1. The number of nitrogens with two attached hydrogens (primary N) is 1. The van der Waals surface area contributed by atoms with Crippen molar-refractivity contribution in [2.24, 2.45) is 17.1 Å². The number of fused-ring (bicyclic) bond motifs is 2. The monoisotopic (exact) mass is 268 g/mol. The lowest BCUT2D eigenvalue weighted by Crippen LogP contribution is -2.57. The third-order valence-electron chi connectivity index (χ3n) is 5.23. The number of carbonyl (C=O) groups excluding carboxylic acids is 1. The molecule has 2 aliphatic heterocycles. The molecule has 2 heterocycles. The number of rotatable bonds is 3. The molecule has 1 amide bonds. The van der Waals surface area contributed by atoms with Crippen molar-refractivity contribution in [3.05, 3.63) is 0 Å². The Kier molecular flexibility index (Phi) is 3.16. The maximum absolute atomic E-state index is 12.8. The van der Waals surface area contributed by atoms with E-state index in [4.69, 9.17) is 5.73 Å². The van der Waals surface area contributed by atoms with Crippen LogP contribution >= 0.6 is 0 Å². The quantitative estimate of drug-likeness (QED) is 0.806. The summed E-state index contributed by atoms with van der Waals surface area (Å²) in [5.41, 5.74) is 4.80. The maximum Gasteiger partial charge on any atom is 0.308 e. The van der Waals surface area contributed by atoms with Crippen LogP contribution < -0.4 is 5.73 Å². The normalized spacial score (nSPS) is 30.8. The summed E-state index contributed by atoms with van der Waals surface area (Å²) in [4.78, 5) is 25.9. The average Bonchev–Trinajstić information content (AvgIpc) is 2.83. The van der Waals surface area contributed by atoms with Gasteiger partial charge in [0, 0.05) is 17.6 Å². The smallest absolute Gasteiger partial charge is 0.308 e. The second-order valence-electron chi connectivity index (χ2n) is 7.04. The molecule has 0 aromatic rings. The van der Waals surface area contributed by atoms with Gasteiger partial charge in [0.25, 0.3) is 0 Å². The Hall–Kier alpha value is -1.10. The van der Waals surface area contributed by atoms with Crippen LogP contribution in [0.4, 0.5) is 0 Å². The molecular formula is C14H24N2O3. The van der Waals surface area contributed by atoms with E-state index in [1.807, 2.05) is 32.6 Å². The van der Waals surface area contributed by atoms with E-state index in [0.29, 0.717) is 6.42 Å². The summed E-state index contributed by atoms with van der Waals surface area (Å²) in [5.74, 6) is -1.19. The van der Waals surface area contributed by atoms with E-state index >= 15 is 0 Å². The standard InChI is InChI=1S/C14H24N2O3/c1-13(2,14(3,4)15)12(19)16-8-5-6-10(16)9(7-8)11(17)18/h8-10H,5-7,15H2,1-4H3,(H,17,18). The van der Waals surface area contributed by atoms with Gasteiger partial charge >= 0.3 is 5.97 Å². The van der Waals surface area contributed by atoms with Crippen LogP contribution in [0.15, 0.2) is 0 Å². The van der Waals surface area contributed by atoms with Gasteiger partial charge in [0.05, 0.1) is 11.3 Å². The third-order valence-corrected chi connectivity index (χ3v) is 5.23. The van der Waals surface area contributed by atoms with Crippen LogP contribution in [0.5, 0.6) is 0 Å². The molecule has 2 bridgehead atoms. The first-order chi connectivity index (χ1) is 8.57. The van der Waals surface area contributed by atoms with E-state index in [-0.39, 0.29) is 18.0 Å². The molecule has 2 fully saturated rings. The summed E-state index contributed by atoms with van der Waals surface area (Å²) in [6.07, 6.45) is 2.31. The molecule has 108 valence electrons. The fourth-order valence-electron chi connectivity index (χ4n) is 3.17. The number of nitrogens with zero attached hydrogens (tertiary/aromatic N) is 1. The predicted octanol–water partition coefficient (Wildman–Crippen LogP) is 1.21. The molecule has 2 saturated heterocycles. The lowest BCUT2D eigenvalue weighted by Gasteiger charge is -2.41. The minimum absolute atomic E-state index is 0.00347. The fraction of sp³-hybridized carbons (Fsp3) is 0.857. The molecule has 0 saturated carbocycles. The van der Waals surface area contributed by atoms with Gasteiger partial charge in [0.15, 0.2) is 0 Å². The first kappa shape index (κ1) is 14.3. The van der Waals surface area contributed by atoms with Gasteiger partial charge in [-0.2, -0.15) is 0 Å². The van der Waals surface area contributed by atoms with Crippen LogP contribution in [-0.2, 0) is 9.59 Å². The lowest BCUT2D eigenvalue weighted by atomic mass is 9.74. The van der Waals surface area contributed by atoms with E-state index in [2.05, 4.69) is 0 Å². The zero-order valence-electron chi connectivity index (χ0n) is 12.1. The fourth-order valence-corrected chi connectivity index (χ4v) is 3.17. The summed E-state index contributed by atoms with van der Waals surface area (Å²) < 4.78 is 0. The zero-order chi connectivity index (χ0) is 14.6. The van der Waals surface area contributed by atoms with Crippen LogP contribution in [0, 0.1) is 11.3 Å². The molecule has 0 spiro atoms. The number of carbonyl (C=O) groups is 2. The van der Waals surface area contributed by atoms with E-state index in [1.54, 1.807) is 0 Å². The van der Waals surface area contributed by atoms with Crippen molar-refractivity contribution in [3.8, 4) is 0 Å². The number of hydrogen-bond donors (Lipinski definition) is 2. The average molecular weight is 268 g/mol. The highest BCUT2D eigenvalue weighted by molar-refractivity contribution is 5.86. The summed E-state index contributed by atoms with van der Waals surface area (Å²) in [6.45, 7) is 7.39. The van der Waals surface area contributed by atoms with Crippen LogP contribution in [-0.4, -0.2) is 39.5 Å². The molecule has 3 unspecified atom stereocenters. The van der Waals surface area contributed by atoms with Crippen molar-refractivity contribution in [1.82, 2.24) is 4.90 Å². The van der Waals surface area contributed by atoms with Gasteiger partial charge in [-0.1, -0.05) is 0 Å². The van der Waals surface area contributed by atoms with Crippen molar-refractivity contribution in [1.29, 1.82) is 0 Å². The molecule has 19 heavy (non-hydrogen) atoms. The lowest BCUT2D eigenvalue weighted by molar-refractivity contribution is -0.147. The summed E-state index contributed by atoms with van der Waals surface area (Å²) in [5, 5.41) is 9.23. The molecule has 5 heteroatoms. The van der Waals surface area contributed by atoms with Gasteiger partial charge < -0.3 is 15.7 Å². The minimum atomic E-state index is -0.783. The molecule has 0 aromatic carbocycles. The first-order valence-electron chi connectivity index (χ1n) is 6.92. The third kappa shape index (κ3) is 2.04. The topological polar surface area (TPSA) is 83.6 Å². The van der Waals surface area contributed by atoms with Crippen molar-refractivity contribution in [2.75, 3.05) is 0 Å². The second-order valence-corrected chi connectivity index (χ2v) is 7.04. The maximum atomic E-state index is 12.8. The molecule has 0 radical (unpaired) electrons. The number of amides is 1. The Bertz CT molecular complexity index is 411. The minimum Gasteiger partial charge on any atom is -0.481 e. The number of hydrogen-bond acceptors (Lipinski definition) is 3. The van der Waals surface area contributed by atoms with Crippen molar-refractivity contribution in [2.45, 2.75) is 64.6 Å². The SMILES string of the molecule is CC(C)(N)C(C)(C)C(=O)N1C2CCC1C(C(=O)O)C2. The van der Waals surface area contributed by atoms with Crippen molar-refractivity contribution in [3.63, 3.8) is 0 Å². The molecular weight excluding hydrogens is 244 g/mol. The highest BCUT2D eigenvalue weighted by atomic mass is 16.4. The molecule has 2 rings (SSSR count). The van der Waals surface area contributed by atoms with Crippen LogP contribution in [0.25, 0.3) is 0 Å². The van der Waals surface area contributed by atoms with E-state index in [9.17, 15) is 14.7 Å². The Balaban J connectivity index is 2.25. The van der Waals surface area contributed by atoms with Crippen LogP contribution in [0.1, 0.15) is 47.0 Å². The van der Waals surface area contributed by atoms with Gasteiger partial charge in [-0.3, -0.25) is 9.59 Å². The zero-order valence-corrected chi connectivity index (χ0v) is 12.1. The molecule has 5 nitrogen and oxygen atoms in total. The summed E-state index contributed by atoms with van der Waals surface area (Å²) in [6, 6.07) is -0.0585. The number of aliphatic carboxylic acids is 1. The largest absolute Gasteiger partial charge is 0.481 e. The Morgan fingerprint density at radius 3 is 2.21 bits per heavy atom. The summed E-state index contributed by atoms with van der Waals surface area (Å²) >= 11 is 0. The van der Waals surface area contributed by atoms with Gasteiger partial charge in [-0.15, -0.1) is 0 Å². The van der Waals surface area contributed by atoms with Gasteiger partial charge in [0.1, 0.15) is 0 Å². The molecule has 0 aliphatic carbocycles. The van der Waals surface area contributed by atoms with Crippen LogP contribution in [0.2, 0.25) is 0 Å². The molecule has 2 aliphatic rings. The van der Waals surface area contributed by atoms with Crippen LogP contribution in [0.3, 0.4) is 0 Å². The second kappa shape index (κ2) is 4.20. The Labute approximate surface area is 114 Å². The van der Waals surface area contributed by atoms with Gasteiger partial charge in [-0.25, -0.2) is 0 Å². The first-order valence-corrected chi connectivity index (χ1v) is 6.92. The highest BCUT2D eigenvalue weighted by Gasteiger charge is 2.55. The highest BCUT2D eigenvalue weighted by Crippen LogP contribution is 2.45. The molecule has 0 aromatic heterocycles. The van der Waals surface area contributed by atoms with E-state index in [1.165, 1.54) is 0 Å². The summed E-state index contributed by atoms with van der Waals surface area (Å²) in [7, 11) is 0. The van der Waals surface area contributed by atoms with Crippen molar-refractivity contribution < 1.29 is 14.7 Å². The molecule has 3 atom stereocenters.